The number of carbonyl (C=O) groups excluding carboxylic acids is 1. The number of unbranched alkanes of at least 4 members (excludes halogenated alkanes) is 1. The summed E-state index contributed by atoms with van der Waals surface area (Å²) in [5.41, 5.74) is 1.66. The lowest BCUT2D eigenvalue weighted by atomic mass is 10.0. The molecular weight excluding hydrogens is 404 g/mol. The topological polar surface area (TPSA) is 60.0 Å². The Morgan fingerprint density at radius 1 is 1.16 bits per heavy atom. The quantitative estimate of drug-likeness (QED) is 0.630. The fraction of sp³-hybridized carbons (Fsp3) is 0.500. The molecule has 1 N–H and O–H groups in total. The third kappa shape index (κ3) is 5.74. The summed E-state index contributed by atoms with van der Waals surface area (Å²) in [6, 6.07) is 13.2. The van der Waals surface area contributed by atoms with Gasteiger partial charge in [0.1, 0.15) is 30.0 Å². The number of carbonyl (C=O) groups is 1. The van der Waals surface area contributed by atoms with Crippen LogP contribution in [0.4, 0.5) is 0 Å². The average Bonchev–Trinajstić information content (AvgIpc) is 2.81. The molecule has 0 radical (unpaired) electrons. The molecule has 0 unspecified atom stereocenters. The second kappa shape index (κ2) is 10.7. The van der Waals surface area contributed by atoms with E-state index in [0.29, 0.717) is 25.2 Å². The lowest BCUT2D eigenvalue weighted by Crippen LogP contribution is -2.43. The highest BCUT2D eigenvalue weighted by molar-refractivity contribution is 5.94. The van der Waals surface area contributed by atoms with E-state index in [1.54, 1.807) is 0 Å². The van der Waals surface area contributed by atoms with Gasteiger partial charge in [-0.3, -0.25) is 4.79 Å². The molecule has 2 aromatic carbocycles. The highest BCUT2D eigenvalue weighted by Crippen LogP contribution is 2.34. The summed E-state index contributed by atoms with van der Waals surface area (Å²) < 4.78 is 18.0. The van der Waals surface area contributed by atoms with Crippen molar-refractivity contribution in [3.63, 3.8) is 0 Å². The number of benzene rings is 2. The van der Waals surface area contributed by atoms with Crippen LogP contribution in [-0.2, 0) is 6.42 Å². The highest BCUT2D eigenvalue weighted by atomic mass is 16.5. The van der Waals surface area contributed by atoms with Gasteiger partial charge in [0, 0.05) is 30.6 Å². The van der Waals surface area contributed by atoms with Crippen LogP contribution in [0.3, 0.4) is 0 Å². The van der Waals surface area contributed by atoms with E-state index in [1.165, 1.54) is 0 Å². The molecule has 4 rings (SSSR count). The molecule has 0 spiro atoms. The number of likely N-dealkylation sites (tertiary alicyclic amines) is 1. The number of nitrogens with zero attached hydrogens (tertiary/aromatic N) is 1. The molecule has 32 heavy (non-hydrogen) atoms. The van der Waals surface area contributed by atoms with E-state index >= 15 is 0 Å². The van der Waals surface area contributed by atoms with Crippen molar-refractivity contribution in [1.29, 1.82) is 0 Å². The zero-order chi connectivity index (χ0) is 22.3. The number of piperidine rings is 1. The average molecular weight is 439 g/mol. The predicted molar refractivity (Wildman–Crippen MR) is 125 cm³/mol. The van der Waals surface area contributed by atoms with Gasteiger partial charge >= 0.3 is 0 Å². The van der Waals surface area contributed by atoms with Gasteiger partial charge in [-0.05, 0) is 62.7 Å². The first kappa shape index (κ1) is 22.5. The number of nitrogens with one attached hydrogen (secondary N) is 1. The van der Waals surface area contributed by atoms with E-state index in [-0.39, 0.29) is 18.1 Å². The molecule has 0 bridgehead atoms. The van der Waals surface area contributed by atoms with Gasteiger partial charge in [0.05, 0.1) is 12.6 Å². The summed E-state index contributed by atoms with van der Waals surface area (Å²) in [5.74, 6) is 2.43. The Labute approximate surface area is 190 Å². The summed E-state index contributed by atoms with van der Waals surface area (Å²) in [5, 5.41) is 3.12. The van der Waals surface area contributed by atoms with Gasteiger partial charge in [-0.1, -0.05) is 19.4 Å². The third-order valence-electron chi connectivity index (χ3n) is 6.16. The van der Waals surface area contributed by atoms with Crippen LogP contribution in [0.25, 0.3) is 0 Å². The molecule has 0 aliphatic carbocycles. The minimum Gasteiger partial charge on any atom is -0.494 e. The predicted octanol–water partition coefficient (Wildman–Crippen LogP) is 4.07. The summed E-state index contributed by atoms with van der Waals surface area (Å²) in [7, 11) is 2.15. The number of hydrogen-bond acceptors (Lipinski definition) is 5. The van der Waals surface area contributed by atoms with Crippen molar-refractivity contribution in [2.45, 2.75) is 51.2 Å². The van der Waals surface area contributed by atoms with Gasteiger partial charge in [-0.2, -0.15) is 0 Å². The van der Waals surface area contributed by atoms with Crippen molar-refractivity contribution in [3.05, 3.63) is 53.6 Å². The molecule has 2 aliphatic heterocycles. The first-order valence-electron chi connectivity index (χ1n) is 11.8. The molecule has 0 saturated carbocycles. The normalized spacial score (nSPS) is 19.0. The Bertz CT molecular complexity index is 891. The van der Waals surface area contributed by atoms with Crippen LogP contribution in [0.5, 0.6) is 17.2 Å². The third-order valence-corrected chi connectivity index (χ3v) is 6.16. The number of hydrogen-bond donors (Lipinski definition) is 1. The second-order valence-corrected chi connectivity index (χ2v) is 8.77. The van der Waals surface area contributed by atoms with E-state index in [0.717, 1.165) is 61.6 Å². The number of amides is 1. The lowest BCUT2D eigenvalue weighted by Gasteiger charge is -2.32. The Hall–Kier alpha value is -2.73. The van der Waals surface area contributed by atoms with Crippen molar-refractivity contribution >= 4 is 5.91 Å². The minimum absolute atomic E-state index is 0.0993. The van der Waals surface area contributed by atoms with Gasteiger partial charge in [-0.25, -0.2) is 0 Å². The van der Waals surface area contributed by atoms with Crippen LogP contribution >= 0.6 is 0 Å². The van der Waals surface area contributed by atoms with Gasteiger partial charge in [-0.15, -0.1) is 0 Å². The fourth-order valence-electron chi connectivity index (χ4n) is 4.17. The zero-order valence-corrected chi connectivity index (χ0v) is 19.1. The number of fused-ring (bicyclic) bond motifs is 1. The molecule has 2 aromatic rings. The van der Waals surface area contributed by atoms with E-state index in [2.05, 4.69) is 24.2 Å². The minimum atomic E-state index is -0.101. The molecule has 6 heteroatoms. The van der Waals surface area contributed by atoms with E-state index in [1.807, 2.05) is 42.5 Å². The summed E-state index contributed by atoms with van der Waals surface area (Å²) in [6.07, 6.45) is 5.10. The maximum absolute atomic E-state index is 12.8. The van der Waals surface area contributed by atoms with Gasteiger partial charge in [0.15, 0.2) is 0 Å². The first-order chi connectivity index (χ1) is 15.6. The van der Waals surface area contributed by atoms with Crippen molar-refractivity contribution in [2.75, 3.05) is 33.4 Å². The van der Waals surface area contributed by atoms with Crippen LogP contribution in [0, 0.1) is 0 Å². The van der Waals surface area contributed by atoms with Crippen LogP contribution in [0.1, 0.15) is 48.5 Å². The molecule has 1 fully saturated rings. The Morgan fingerprint density at radius 2 is 1.94 bits per heavy atom. The van der Waals surface area contributed by atoms with E-state index in [9.17, 15) is 4.79 Å². The molecule has 0 aromatic heterocycles. The second-order valence-electron chi connectivity index (χ2n) is 8.77. The van der Waals surface area contributed by atoms with Gasteiger partial charge in [0.25, 0.3) is 5.91 Å². The van der Waals surface area contributed by atoms with Crippen molar-refractivity contribution < 1.29 is 19.0 Å². The summed E-state index contributed by atoms with van der Waals surface area (Å²) in [4.78, 5) is 15.1. The largest absolute Gasteiger partial charge is 0.494 e. The molecule has 2 heterocycles. The van der Waals surface area contributed by atoms with Crippen molar-refractivity contribution in [3.8, 4) is 17.2 Å². The van der Waals surface area contributed by atoms with Crippen LogP contribution in [-0.4, -0.2) is 56.3 Å². The SMILES string of the molecule is CCCCOc1ccc(C(=O)N[C@@H]2COc3cccc(OC4CCN(C)CC4)c3C2)cc1. The van der Waals surface area contributed by atoms with E-state index in [4.69, 9.17) is 14.2 Å². The Balaban J connectivity index is 1.36. The van der Waals surface area contributed by atoms with Crippen LogP contribution < -0.4 is 19.5 Å². The smallest absolute Gasteiger partial charge is 0.251 e. The van der Waals surface area contributed by atoms with Crippen molar-refractivity contribution in [1.82, 2.24) is 10.2 Å². The van der Waals surface area contributed by atoms with Crippen molar-refractivity contribution in [2.24, 2.45) is 0 Å². The van der Waals surface area contributed by atoms with Gasteiger partial charge in [0.2, 0.25) is 0 Å². The maximum Gasteiger partial charge on any atom is 0.251 e. The monoisotopic (exact) mass is 438 g/mol. The van der Waals surface area contributed by atoms with Crippen LogP contribution in [0.15, 0.2) is 42.5 Å². The molecule has 172 valence electrons. The van der Waals surface area contributed by atoms with E-state index < -0.39 is 0 Å². The van der Waals surface area contributed by atoms with Crippen LogP contribution in [0.2, 0.25) is 0 Å². The summed E-state index contributed by atoms with van der Waals surface area (Å²) >= 11 is 0. The molecule has 1 saturated heterocycles. The fourth-order valence-corrected chi connectivity index (χ4v) is 4.17. The molecular formula is C26H34N2O4. The zero-order valence-electron chi connectivity index (χ0n) is 19.1. The standard InChI is InChI=1S/C26H34N2O4/c1-3-4-16-30-21-10-8-19(9-11-21)26(29)27-20-17-23-24(31-18-20)6-5-7-25(23)32-22-12-14-28(2)15-13-22/h5-11,20,22H,3-4,12-18H2,1-2H3,(H,27,29)/t20-/m0/s1. The van der Waals surface area contributed by atoms with Gasteiger partial charge < -0.3 is 24.4 Å². The molecule has 2 aliphatic rings. The summed E-state index contributed by atoms with van der Waals surface area (Å²) in [6.45, 7) is 5.39. The molecule has 1 amide bonds. The molecule has 1 atom stereocenters. The Kier molecular flexibility index (Phi) is 7.53. The first-order valence-corrected chi connectivity index (χ1v) is 11.8. The maximum atomic E-state index is 12.8. The highest BCUT2D eigenvalue weighted by Gasteiger charge is 2.26. The molecule has 6 nitrogen and oxygen atoms in total. The lowest BCUT2D eigenvalue weighted by molar-refractivity contribution is 0.0909. The Morgan fingerprint density at radius 3 is 2.69 bits per heavy atom. The number of rotatable bonds is 8. The number of ether oxygens (including phenoxy) is 3.